The summed E-state index contributed by atoms with van der Waals surface area (Å²) in [6.45, 7) is 0. The van der Waals surface area contributed by atoms with Gasteiger partial charge >= 0.3 is 0 Å². The molecule has 0 spiro atoms. The molecule has 0 N–H and O–H groups in total. The molecule has 7 aromatic rings. The Balaban J connectivity index is 1.32. The molecule has 3 aliphatic rings. The Kier molecular flexibility index (Phi) is 7.06. The highest BCUT2D eigenvalue weighted by atomic mass is 35.5. The van der Waals surface area contributed by atoms with Gasteiger partial charge in [-0.05, 0) is 60.3 Å². The summed E-state index contributed by atoms with van der Waals surface area (Å²) in [7, 11) is 0. The van der Waals surface area contributed by atoms with Crippen LogP contribution in [0.1, 0.15) is 48.4 Å². The van der Waals surface area contributed by atoms with Crippen molar-refractivity contribution in [1.82, 2.24) is 29.3 Å². The van der Waals surface area contributed by atoms with Gasteiger partial charge in [0.2, 0.25) is 0 Å². The number of aromatic nitrogens is 6. The maximum Gasteiger partial charge on any atom is 0.182 e. The molecule has 0 aliphatic heterocycles. The molecule has 9 heteroatoms. The highest BCUT2D eigenvalue weighted by Gasteiger charge is 2.46. The van der Waals surface area contributed by atoms with Gasteiger partial charge in [-0.25, -0.2) is 24.0 Å². The fourth-order valence-corrected chi connectivity index (χ4v) is 8.77. The number of pyridine rings is 1. The van der Waals surface area contributed by atoms with Crippen molar-refractivity contribution in [3.05, 3.63) is 143 Å². The summed E-state index contributed by atoms with van der Waals surface area (Å²) in [6, 6.07) is 35.1. The zero-order valence-electron chi connectivity index (χ0n) is 26.5. The molecule has 0 amide bonds. The smallest absolute Gasteiger partial charge is 0.182 e. The van der Waals surface area contributed by atoms with Crippen molar-refractivity contribution in [1.29, 1.82) is 5.26 Å². The van der Waals surface area contributed by atoms with Crippen molar-refractivity contribution >= 4 is 33.7 Å². The van der Waals surface area contributed by atoms with E-state index >= 15 is 4.39 Å². The minimum absolute atomic E-state index is 0.139. The van der Waals surface area contributed by atoms with Crippen LogP contribution < -0.4 is 0 Å². The topological polar surface area (TPSA) is 85.2 Å². The number of rotatable bonds is 6. The van der Waals surface area contributed by atoms with Crippen molar-refractivity contribution in [3.8, 4) is 17.6 Å². The van der Waals surface area contributed by atoms with E-state index < -0.39 is 11.4 Å². The van der Waals surface area contributed by atoms with Crippen LogP contribution in [0.15, 0.2) is 116 Å². The first-order chi connectivity index (χ1) is 24.1. The van der Waals surface area contributed by atoms with Gasteiger partial charge < -0.3 is 4.57 Å². The van der Waals surface area contributed by atoms with Crippen LogP contribution in [0.25, 0.3) is 33.6 Å². The van der Waals surface area contributed by atoms with E-state index in [4.69, 9.17) is 31.7 Å². The first-order valence-electron chi connectivity index (χ1n) is 16.7. The minimum Gasteiger partial charge on any atom is -0.325 e. The van der Waals surface area contributed by atoms with Gasteiger partial charge in [-0.2, -0.15) is 10.4 Å². The summed E-state index contributed by atoms with van der Waals surface area (Å²) < 4.78 is 19.4. The molecule has 10 rings (SSSR count). The summed E-state index contributed by atoms with van der Waals surface area (Å²) in [5.74, 6) is 0.367. The van der Waals surface area contributed by atoms with Crippen LogP contribution in [0, 0.1) is 34.9 Å². The van der Waals surface area contributed by atoms with Crippen molar-refractivity contribution in [2.24, 2.45) is 17.8 Å². The average Bonchev–Trinajstić information content (AvgIpc) is 3.70. The zero-order valence-corrected chi connectivity index (χ0v) is 27.2. The number of benzene rings is 3. The van der Waals surface area contributed by atoms with Gasteiger partial charge in [-0.1, -0.05) is 103 Å². The van der Waals surface area contributed by atoms with Gasteiger partial charge in [0.05, 0.1) is 33.8 Å². The van der Waals surface area contributed by atoms with Crippen LogP contribution in [0.4, 0.5) is 4.39 Å². The van der Waals surface area contributed by atoms with Crippen LogP contribution >= 0.6 is 11.6 Å². The van der Waals surface area contributed by atoms with Gasteiger partial charge in [-0.3, -0.25) is 0 Å². The molecule has 4 heterocycles. The fourth-order valence-electron chi connectivity index (χ4n) is 8.61. The van der Waals surface area contributed by atoms with E-state index in [0.29, 0.717) is 50.4 Å². The second kappa shape index (κ2) is 11.6. The Bertz CT molecular complexity index is 2260. The number of nitrogens with zero attached hydrogens (tertiary/aromatic N) is 7. The summed E-state index contributed by atoms with van der Waals surface area (Å²) >= 11 is 6.62. The number of hydrogen-bond acceptors (Lipinski definition) is 5. The third-order valence-corrected chi connectivity index (χ3v) is 11.0. The predicted molar refractivity (Wildman–Crippen MR) is 187 cm³/mol. The molecule has 49 heavy (non-hydrogen) atoms. The molecule has 0 unspecified atom stereocenters. The maximum atomic E-state index is 15.6. The minimum atomic E-state index is -0.946. The summed E-state index contributed by atoms with van der Waals surface area (Å²) in [4.78, 5) is 14.6. The van der Waals surface area contributed by atoms with Crippen molar-refractivity contribution in [2.75, 3.05) is 0 Å². The third kappa shape index (κ3) is 4.53. The molecule has 0 saturated heterocycles. The average molecular weight is 664 g/mol. The lowest BCUT2D eigenvalue weighted by molar-refractivity contribution is 0.0640. The lowest BCUT2D eigenvalue weighted by Crippen LogP contribution is -2.40. The van der Waals surface area contributed by atoms with E-state index in [9.17, 15) is 5.26 Å². The normalized spacial score (nSPS) is 20.5. The van der Waals surface area contributed by atoms with E-state index in [2.05, 4.69) is 42.5 Å². The maximum absolute atomic E-state index is 15.6. The van der Waals surface area contributed by atoms with E-state index in [1.165, 1.54) is 12.4 Å². The fraction of sp³-hybridized carbons (Fsp3) is 0.225. The Hall–Kier alpha value is -5.39. The number of hydrogen-bond donors (Lipinski definition) is 0. The van der Waals surface area contributed by atoms with E-state index in [1.807, 2.05) is 69.9 Å². The van der Waals surface area contributed by atoms with Gasteiger partial charge in [0, 0.05) is 18.6 Å². The molecule has 3 aromatic carbocycles. The molecule has 3 aliphatic carbocycles. The Labute approximate surface area is 287 Å². The van der Waals surface area contributed by atoms with Crippen molar-refractivity contribution in [3.63, 3.8) is 0 Å². The summed E-state index contributed by atoms with van der Waals surface area (Å²) in [6.07, 6.45) is 8.84. The Morgan fingerprint density at radius 1 is 0.755 bits per heavy atom. The van der Waals surface area contributed by atoms with E-state index in [-0.39, 0.29) is 12.0 Å². The first-order valence-corrected chi connectivity index (χ1v) is 17.1. The van der Waals surface area contributed by atoms with Crippen LogP contribution in [-0.4, -0.2) is 29.3 Å². The van der Waals surface area contributed by atoms with Crippen LogP contribution in [-0.2, 0) is 5.54 Å². The first kappa shape index (κ1) is 29.7. The number of fused-ring (bicyclic) bond motifs is 5. The molecule has 0 radical (unpaired) electrons. The second-order valence-electron chi connectivity index (χ2n) is 13.2. The molecule has 2 bridgehead atoms. The summed E-state index contributed by atoms with van der Waals surface area (Å²) in [5.41, 5.74) is 3.56. The van der Waals surface area contributed by atoms with Crippen LogP contribution in [0.3, 0.4) is 0 Å². The van der Waals surface area contributed by atoms with Crippen molar-refractivity contribution in [2.45, 2.75) is 37.3 Å². The number of halogens is 2. The molecule has 3 saturated carbocycles. The predicted octanol–water partition coefficient (Wildman–Crippen LogP) is 8.98. The van der Waals surface area contributed by atoms with Gasteiger partial charge in [0.1, 0.15) is 16.9 Å². The molecule has 2 atom stereocenters. The molecule has 4 aromatic heterocycles. The standard InChI is InChI=1S/C40H31ClFN7/c41-30-20-31-35(37-44-23-33-34(42)24-48(39(33)46-37)36-26-18-16-25(17-19-26)32(36)21-43)47-49(38(31)45-22-30)40(27-10-4-1-5-11-27,28-12-6-2-7-13-28)29-14-8-3-9-15-29/h1-15,20,22-26,32,36H,16-19H2/t25?,26?,32-,36-/m0/s1. The van der Waals surface area contributed by atoms with Crippen molar-refractivity contribution < 1.29 is 4.39 Å². The summed E-state index contributed by atoms with van der Waals surface area (Å²) in [5, 5.41) is 17.0. The van der Waals surface area contributed by atoms with E-state index in [1.54, 1.807) is 6.20 Å². The van der Waals surface area contributed by atoms with Crippen LogP contribution in [0.5, 0.6) is 0 Å². The highest BCUT2D eigenvalue weighted by Crippen LogP contribution is 2.52. The Morgan fingerprint density at radius 2 is 1.35 bits per heavy atom. The highest BCUT2D eigenvalue weighted by molar-refractivity contribution is 6.31. The molecule has 7 nitrogen and oxygen atoms in total. The third-order valence-electron chi connectivity index (χ3n) is 10.8. The molecule has 240 valence electrons. The zero-order chi connectivity index (χ0) is 33.1. The second-order valence-corrected chi connectivity index (χ2v) is 13.7. The molecular formula is C40H31ClFN7. The van der Waals surface area contributed by atoms with Gasteiger partial charge in [-0.15, -0.1) is 0 Å². The van der Waals surface area contributed by atoms with Gasteiger partial charge in [0.15, 0.2) is 17.3 Å². The number of nitriles is 1. The SMILES string of the molecule is N#C[C@H]1C2CCC(CC2)[C@@H]1n1cc(F)c2cnc(-c3nn(C(c4ccccc4)(c4ccccc4)c4ccccc4)c4ncc(Cl)cc34)nc21. The largest absolute Gasteiger partial charge is 0.325 e. The lowest BCUT2D eigenvalue weighted by Gasteiger charge is -2.46. The Morgan fingerprint density at radius 3 is 1.94 bits per heavy atom. The van der Waals surface area contributed by atoms with Crippen LogP contribution in [0.2, 0.25) is 5.02 Å². The molecule has 3 fully saturated rings. The lowest BCUT2D eigenvalue weighted by atomic mass is 9.62. The molecular weight excluding hydrogens is 633 g/mol. The van der Waals surface area contributed by atoms with Gasteiger partial charge in [0.25, 0.3) is 0 Å². The monoisotopic (exact) mass is 663 g/mol. The quantitative estimate of drug-likeness (QED) is 0.166. The van der Waals surface area contributed by atoms with E-state index in [0.717, 1.165) is 42.4 Å².